The molecule has 1 fully saturated rings. The van der Waals surface area contributed by atoms with E-state index in [0.29, 0.717) is 6.42 Å². The first kappa shape index (κ1) is 21.0. The van der Waals surface area contributed by atoms with E-state index in [0.717, 1.165) is 61.6 Å². The number of benzene rings is 2. The molecule has 162 valence electrons. The molecule has 0 saturated carbocycles. The summed E-state index contributed by atoms with van der Waals surface area (Å²) in [5, 5.41) is 10.9. The van der Waals surface area contributed by atoms with Crippen molar-refractivity contribution in [2.24, 2.45) is 0 Å². The highest BCUT2D eigenvalue weighted by Crippen LogP contribution is 2.25. The fourth-order valence-electron chi connectivity index (χ4n) is 4.09. The first-order valence-corrected chi connectivity index (χ1v) is 11.0. The van der Waals surface area contributed by atoms with E-state index in [-0.39, 0.29) is 11.9 Å². The van der Waals surface area contributed by atoms with Gasteiger partial charge in [-0.15, -0.1) is 0 Å². The van der Waals surface area contributed by atoms with E-state index in [1.165, 1.54) is 5.56 Å². The van der Waals surface area contributed by atoms with Crippen molar-refractivity contribution in [1.82, 2.24) is 15.5 Å². The minimum absolute atomic E-state index is 0.142. The molecule has 1 aromatic heterocycles. The van der Waals surface area contributed by atoms with E-state index in [9.17, 15) is 4.79 Å². The summed E-state index contributed by atoms with van der Waals surface area (Å²) in [6, 6.07) is 20.5. The fraction of sp³-hybridized carbons (Fsp3) is 0.360. The molecule has 2 aromatic carbocycles. The van der Waals surface area contributed by atoms with Crippen molar-refractivity contribution in [3.63, 3.8) is 0 Å². The number of carbonyl (C=O) groups is 1. The van der Waals surface area contributed by atoms with Crippen LogP contribution in [0.4, 0.5) is 5.82 Å². The molecule has 0 spiro atoms. The first-order chi connectivity index (χ1) is 15.2. The molecule has 4 rings (SSSR count). The van der Waals surface area contributed by atoms with Crippen LogP contribution in [0.15, 0.2) is 60.7 Å². The molecule has 1 atom stereocenters. The molecule has 2 N–H and O–H groups in total. The molecule has 0 bridgehead atoms. The van der Waals surface area contributed by atoms with Gasteiger partial charge in [0, 0.05) is 31.6 Å². The van der Waals surface area contributed by atoms with Gasteiger partial charge in [0.25, 0.3) is 0 Å². The summed E-state index contributed by atoms with van der Waals surface area (Å²) in [5.41, 5.74) is 3.33. The van der Waals surface area contributed by atoms with Crippen LogP contribution >= 0.6 is 0 Å². The van der Waals surface area contributed by atoms with Gasteiger partial charge in [0.2, 0.25) is 5.91 Å². The van der Waals surface area contributed by atoms with Crippen LogP contribution in [-0.4, -0.2) is 42.3 Å². The maximum absolute atomic E-state index is 12.4. The molecule has 1 aliphatic rings. The van der Waals surface area contributed by atoms with Gasteiger partial charge < -0.3 is 15.0 Å². The number of H-pyrrole nitrogens is 1. The van der Waals surface area contributed by atoms with Crippen molar-refractivity contribution in [1.29, 1.82) is 0 Å². The first-order valence-electron chi connectivity index (χ1n) is 11.0. The van der Waals surface area contributed by atoms with E-state index < -0.39 is 0 Å². The molecule has 2 heterocycles. The van der Waals surface area contributed by atoms with E-state index in [4.69, 9.17) is 4.74 Å². The van der Waals surface area contributed by atoms with Crippen LogP contribution in [0.25, 0.3) is 11.3 Å². The Morgan fingerprint density at radius 1 is 1.19 bits per heavy atom. The standard InChI is InChI=1S/C25H30N4O2/c1-31-22-14-12-20(13-15-22)23-17-24(28-27-23)29-16-6-10-21(18-29)26-25(30)11-5-9-19-7-3-2-4-8-19/h2-4,7-8,12-15,17,21H,5-6,9-11,16,18H2,1H3,(H,26,30)(H,27,28)/t21-/m0/s1. The minimum Gasteiger partial charge on any atom is -0.497 e. The molecule has 3 aromatic rings. The summed E-state index contributed by atoms with van der Waals surface area (Å²) in [6.45, 7) is 1.74. The number of amides is 1. The second kappa shape index (κ2) is 10.2. The lowest BCUT2D eigenvalue weighted by Crippen LogP contribution is -2.48. The zero-order valence-corrected chi connectivity index (χ0v) is 18.0. The number of methoxy groups -OCH3 is 1. The Morgan fingerprint density at radius 3 is 2.77 bits per heavy atom. The Bertz CT molecular complexity index is 969. The number of hydrogen-bond acceptors (Lipinski definition) is 4. The van der Waals surface area contributed by atoms with Crippen molar-refractivity contribution in [3.8, 4) is 17.0 Å². The molecular weight excluding hydrogens is 388 g/mol. The lowest BCUT2D eigenvalue weighted by molar-refractivity contribution is -0.121. The number of nitrogens with one attached hydrogen (secondary N) is 2. The molecule has 31 heavy (non-hydrogen) atoms. The monoisotopic (exact) mass is 418 g/mol. The highest BCUT2D eigenvalue weighted by atomic mass is 16.5. The summed E-state index contributed by atoms with van der Waals surface area (Å²) in [5.74, 6) is 1.90. The van der Waals surface area contributed by atoms with E-state index in [1.54, 1.807) is 7.11 Å². The van der Waals surface area contributed by atoms with Gasteiger partial charge >= 0.3 is 0 Å². The SMILES string of the molecule is COc1ccc(-c2cc(N3CCC[C@H](NC(=O)CCCc4ccccc4)C3)n[nH]2)cc1. The lowest BCUT2D eigenvalue weighted by atomic mass is 10.0. The van der Waals surface area contributed by atoms with Crippen molar-refractivity contribution < 1.29 is 9.53 Å². The Labute approximate surface area is 183 Å². The zero-order valence-electron chi connectivity index (χ0n) is 18.0. The third kappa shape index (κ3) is 5.66. The normalized spacial score (nSPS) is 16.2. The Balaban J connectivity index is 1.28. The molecule has 6 nitrogen and oxygen atoms in total. The van der Waals surface area contributed by atoms with Gasteiger partial charge in [-0.25, -0.2) is 0 Å². The number of anilines is 1. The number of nitrogens with zero attached hydrogens (tertiary/aromatic N) is 2. The highest BCUT2D eigenvalue weighted by Gasteiger charge is 2.23. The van der Waals surface area contributed by atoms with Gasteiger partial charge in [-0.1, -0.05) is 30.3 Å². The summed E-state index contributed by atoms with van der Waals surface area (Å²) >= 11 is 0. The second-order valence-corrected chi connectivity index (χ2v) is 8.06. The number of rotatable bonds is 8. The van der Waals surface area contributed by atoms with Crippen molar-refractivity contribution in [2.45, 2.75) is 38.1 Å². The molecule has 1 saturated heterocycles. The van der Waals surface area contributed by atoms with Crippen LogP contribution in [0.5, 0.6) is 5.75 Å². The van der Waals surface area contributed by atoms with Gasteiger partial charge in [-0.2, -0.15) is 5.10 Å². The number of aromatic nitrogens is 2. The largest absolute Gasteiger partial charge is 0.497 e. The van der Waals surface area contributed by atoms with E-state index in [1.807, 2.05) is 42.5 Å². The van der Waals surface area contributed by atoms with Gasteiger partial charge in [0.15, 0.2) is 5.82 Å². The van der Waals surface area contributed by atoms with Gasteiger partial charge in [0.05, 0.1) is 12.8 Å². The minimum atomic E-state index is 0.142. The topological polar surface area (TPSA) is 70.2 Å². The van der Waals surface area contributed by atoms with Crippen LogP contribution in [0.3, 0.4) is 0 Å². The van der Waals surface area contributed by atoms with Crippen LogP contribution in [-0.2, 0) is 11.2 Å². The summed E-state index contributed by atoms with van der Waals surface area (Å²) in [6.07, 6.45) is 4.43. The Kier molecular flexibility index (Phi) is 6.87. The molecule has 0 unspecified atom stereocenters. The molecule has 6 heteroatoms. The second-order valence-electron chi connectivity index (χ2n) is 8.06. The highest BCUT2D eigenvalue weighted by molar-refractivity contribution is 5.76. The number of aromatic amines is 1. The molecule has 0 aliphatic carbocycles. The number of carbonyl (C=O) groups excluding carboxylic acids is 1. The fourth-order valence-corrected chi connectivity index (χ4v) is 4.09. The number of hydrogen-bond donors (Lipinski definition) is 2. The van der Waals surface area contributed by atoms with E-state index in [2.05, 4.69) is 38.6 Å². The molecule has 1 aliphatic heterocycles. The Hall–Kier alpha value is -3.28. The van der Waals surface area contributed by atoms with Gasteiger partial charge in [-0.3, -0.25) is 9.89 Å². The van der Waals surface area contributed by atoms with Crippen molar-refractivity contribution >= 4 is 11.7 Å². The maximum atomic E-state index is 12.4. The summed E-state index contributed by atoms with van der Waals surface area (Å²) < 4.78 is 5.23. The zero-order chi connectivity index (χ0) is 21.5. The lowest BCUT2D eigenvalue weighted by Gasteiger charge is -2.33. The third-order valence-corrected chi connectivity index (χ3v) is 5.79. The summed E-state index contributed by atoms with van der Waals surface area (Å²) in [7, 11) is 1.66. The van der Waals surface area contributed by atoms with Gasteiger partial charge in [-0.05, 0) is 61.1 Å². The molecule has 0 radical (unpaired) electrons. The predicted molar refractivity (Wildman–Crippen MR) is 123 cm³/mol. The van der Waals surface area contributed by atoms with Crippen LogP contribution in [0.2, 0.25) is 0 Å². The average Bonchev–Trinajstić information content (AvgIpc) is 3.30. The van der Waals surface area contributed by atoms with Crippen LogP contribution in [0, 0.1) is 0 Å². The Morgan fingerprint density at radius 2 is 2.00 bits per heavy atom. The number of aryl methyl sites for hydroxylation is 1. The smallest absolute Gasteiger partial charge is 0.220 e. The predicted octanol–water partition coefficient (Wildman–Crippen LogP) is 4.19. The van der Waals surface area contributed by atoms with Crippen molar-refractivity contribution in [2.75, 3.05) is 25.1 Å². The quantitative estimate of drug-likeness (QED) is 0.575. The van der Waals surface area contributed by atoms with E-state index >= 15 is 0 Å². The number of piperidine rings is 1. The maximum Gasteiger partial charge on any atom is 0.220 e. The van der Waals surface area contributed by atoms with Crippen LogP contribution in [0.1, 0.15) is 31.2 Å². The average molecular weight is 419 g/mol. The summed E-state index contributed by atoms with van der Waals surface area (Å²) in [4.78, 5) is 14.7. The molecular formula is C25H30N4O2. The molecule has 1 amide bonds. The van der Waals surface area contributed by atoms with Gasteiger partial charge in [0.1, 0.15) is 5.75 Å². The van der Waals surface area contributed by atoms with Crippen LogP contribution < -0.4 is 15.0 Å². The van der Waals surface area contributed by atoms with Crippen molar-refractivity contribution in [3.05, 3.63) is 66.2 Å². The third-order valence-electron chi connectivity index (χ3n) is 5.79. The number of ether oxygens (including phenoxy) is 1.